The van der Waals surface area contributed by atoms with Crippen LogP contribution in [0.5, 0.6) is 0 Å². The fourth-order valence-corrected chi connectivity index (χ4v) is 3.56. The quantitative estimate of drug-likeness (QED) is 0.421. The molecule has 0 aliphatic rings. The number of nitrogens with one attached hydrogen (secondary N) is 1. The molecule has 2 aromatic heterocycles. The van der Waals surface area contributed by atoms with Crippen LogP contribution in [-0.4, -0.2) is 20.7 Å². The molecule has 31 heavy (non-hydrogen) atoms. The SMILES string of the molecule is Cc1ccc(-n2nc(C(=O)Nc3cccnc3)cc2-c2ccc3ccccc3c2)cc1. The van der Waals surface area contributed by atoms with Gasteiger partial charge in [0.2, 0.25) is 0 Å². The Bertz CT molecular complexity index is 1370. The monoisotopic (exact) mass is 404 g/mol. The standard InChI is InChI=1S/C26H20N4O/c1-18-8-12-23(13-9-18)30-25(21-11-10-19-5-2-3-6-20(19)15-21)16-24(29-30)26(31)28-22-7-4-14-27-17-22/h2-17H,1H3,(H,28,31). The first-order valence-corrected chi connectivity index (χ1v) is 10.0. The van der Waals surface area contributed by atoms with E-state index in [4.69, 9.17) is 0 Å². The molecule has 0 aliphatic carbocycles. The van der Waals surface area contributed by atoms with Crippen LogP contribution < -0.4 is 5.32 Å². The van der Waals surface area contributed by atoms with Crippen molar-refractivity contribution in [2.24, 2.45) is 0 Å². The van der Waals surface area contributed by atoms with Crippen LogP contribution in [0.4, 0.5) is 5.69 Å². The molecule has 150 valence electrons. The molecule has 5 heteroatoms. The Morgan fingerprint density at radius 2 is 1.68 bits per heavy atom. The summed E-state index contributed by atoms with van der Waals surface area (Å²) in [4.78, 5) is 16.9. The molecule has 1 amide bonds. The van der Waals surface area contributed by atoms with Crippen molar-refractivity contribution in [1.82, 2.24) is 14.8 Å². The van der Waals surface area contributed by atoms with Crippen LogP contribution in [0.3, 0.4) is 0 Å². The highest BCUT2D eigenvalue weighted by Gasteiger charge is 2.17. The van der Waals surface area contributed by atoms with Gasteiger partial charge in [-0.05, 0) is 54.1 Å². The number of benzene rings is 3. The highest BCUT2D eigenvalue weighted by atomic mass is 16.2. The number of aryl methyl sites for hydroxylation is 1. The van der Waals surface area contributed by atoms with E-state index in [0.29, 0.717) is 11.4 Å². The Morgan fingerprint density at radius 3 is 2.45 bits per heavy atom. The van der Waals surface area contributed by atoms with E-state index >= 15 is 0 Å². The van der Waals surface area contributed by atoms with Crippen molar-refractivity contribution in [3.8, 4) is 16.9 Å². The van der Waals surface area contributed by atoms with Gasteiger partial charge in [-0.1, -0.05) is 54.1 Å². The van der Waals surface area contributed by atoms with E-state index in [2.05, 4.69) is 45.7 Å². The fraction of sp³-hybridized carbons (Fsp3) is 0.0385. The van der Waals surface area contributed by atoms with Gasteiger partial charge in [0, 0.05) is 11.8 Å². The summed E-state index contributed by atoms with van der Waals surface area (Å²) in [5.74, 6) is -0.277. The molecule has 0 atom stereocenters. The average Bonchev–Trinajstić information content (AvgIpc) is 3.26. The van der Waals surface area contributed by atoms with Crippen molar-refractivity contribution in [3.63, 3.8) is 0 Å². The lowest BCUT2D eigenvalue weighted by molar-refractivity contribution is 0.102. The van der Waals surface area contributed by atoms with Crippen molar-refractivity contribution in [2.75, 3.05) is 5.32 Å². The van der Waals surface area contributed by atoms with Crippen molar-refractivity contribution in [3.05, 3.63) is 109 Å². The molecule has 0 saturated carbocycles. The van der Waals surface area contributed by atoms with Crippen molar-refractivity contribution < 1.29 is 4.79 Å². The normalized spacial score (nSPS) is 10.9. The van der Waals surface area contributed by atoms with E-state index in [-0.39, 0.29) is 5.91 Å². The number of pyridine rings is 1. The summed E-state index contributed by atoms with van der Waals surface area (Å²) in [5.41, 5.74) is 4.88. The van der Waals surface area contributed by atoms with Crippen LogP contribution in [-0.2, 0) is 0 Å². The number of rotatable bonds is 4. The minimum Gasteiger partial charge on any atom is -0.319 e. The molecule has 5 nitrogen and oxygen atoms in total. The molecular weight excluding hydrogens is 384 g/mol. The molecule has 0 bridgehead atoms. The predicted octanol–water partition coefficient (Wildman–Crippen LogP) is 5.65. The summed E-state index contributed by atoms with van der Waals surface area (Å²) in [6.07, 6.45) is 3.28. The zero-order valence-electron chi connectivity index (χ0n) is 17.0. The topological polar surface area (TPSA) is 59.8 Å². The summed E-state index contributed by atoms with van der Waals surface area (Å²) >= 11 is 0. The average molecular weight is 404 g/mol. The Balaban J connectivity index is 1.61. The Kier molecular flexibility index (Phi) is 4.77. The largest absolute Gasteiger partial charge is 0.319 e. The number of carbonyl (C=O) groups excluding carboxylic acids is 1. The first-order chi connectivity index (χ1) is 15.2. The van der Waals surface area contributed by atoms with Crippen LogP contribution in [0.2, 0.25) is 0 Å². The summed E-state index contributed by atoms with van der Waals surface area (Å²) in [6, 6.07) is 28.0. The molecule has 0 fully saturated rings. The smallest absolute Gasteiger partial charge is 0.276 e. The number of carbonyl (C=O) groups is 1. The van der Waals surface area contributed by atoms with E-state index in [9.17, 15) is 4.79 Å². The zero-order chi connectivity index (χ0) is 21.2. The Morgan fingerprint density at radius 1 is 0.871 bits per heavy atom. The van der Waals surface area contributed by atoms with E-state index in [1.54, 1.807) is 24.5 Å². The molecule has 0 radical (unpaired) electrons. The van der Waals surface area contributed by atoms with Crippen LogP contribution in [0.1, 0.15) is 16.1 Å². The van der Waals surface area contributed by atoms with Crippen LogP contribution >= 0.6 is 0 Å². The van der Waals surface area contributed by atoms with Gasteiger partial charge in [0.25, 0.3) is 5.91 Å². The molecule has 5 aromatic rings. The van der Waals surface area contributed by atoms with Crippen molar-refractivity contribution in [1.29, 1.82) is 0 Å². The number of amides is 1. The van der Waals surface area contributed by atoms with Crippen LogP contribution in [0.25, 0.3) is 27.7 Å². The second-order valence-electron chi connectivity index (χ2n) is 7.42. The maximum Gasteiger partial charge on any atom is 0.276 e. The molecule has 3 aromatic carbocycles. The maximum atomic E-state index is 12.9. The van der Waals surface area contributed by atoms with Gasteiger partial charge in [-0.2, -0.15) is 5.10 Å². The van der Waals surface area contributed by atoms with Crippen LogP contribution in [0, 0.1) is 6.92 Å². The molecule has 2 heterocycles. The third-order valence-corrected chi connectivity index (χ3v) is 5.19. The maximum absolute atomic E-state index is 12.9. The number of fused-ring (bicyclic) bond motifs is 1. The lowest BCUT2D eigenvalue weighted by atomic mass is 10.0. The molecule has 0 saturated heterocycles. The lowest BCUT2D eigenvalue weighted by Crippen LogP contribution is -2.13. The van der Waals surface area contributed by atoms with E-state index in [0.717, 1.165) is 27.9 Å². The van der Waals surface area contributed by atoms with Gasteiger partial charge in [0.1, 0.15) is 0 Å². The predicted molar refractivity (Wildman–Crippen MR) is 123 cm³/mol. The molecule has 0 spiro atoms. The minimum atomic E-state index is -0.277. The Labute approximate surface area is 180 Å². The fourth-order valence-electron chi connectivity index (χ4n) is 3.56. The summed E-state index contributed by atoms with van der Waals surface area (Å²) in [6.45, 7) is 2.05. The zero-order valence-corrected chi connectivity index (χ0v) is 17.0. The van der Waals surface area contributed by atoms with Crippen molar-refractivity contribution >= 4 is 22.4 Å². The Hall–Kier alpha value is -4.25. The number of hydrogen-bond acceptors (Lipinski definition) is 3. The second-order valence-corrected chi connectivity index (χ2v) is 7.42. The van der Waals surface area contributed by atoms with Gasteiger partial charge >= 0.3 is 0 Å². The number of nitrogens with zero attached hydrogens (tertiary/aromatic N) is 3. The van der Waals surface area contributed by atoms with E-state index < -0.39 is 0 Å². The van der Waals surface area contributed by atoms with Gasteiger partial charge in [-0.25, -0.2) is 4.68 Å². The van der Waals surface area contributed by atoms with Crippen molar-refractivity contribution in [2.45, 2.75) is 6.92 Å². The molecule has 5 rings (SSSR count). The minimum absolute atomic E-state index is 0.277. The van der Waals surface area contributed by atoms with Gasteiger partial charge in [-0.15, -0.1) is 0 Å². The van der Waals surface area contributed by atoms with Gasteiger partial charge in [0.15, 0.2) is 5.69 Å². The van der Waals surface area contributed by atoms with E-state index in [1.807, 2.05) is 54.1 Å². The van der Waals surface area contributed by atoms with Gasteiger partial charge in [-0.3, -0.25) is 9.78 Å². The first kappa shape index (κ1) is 18.8. The molecule has 0 unspecified atom stereocenters. The molecule has 0 aliphatic heterocycles. The number of anilines is 1. The summed E-state index contributed by atoms with van der Waals surface area (Å²) in [7, 11) is 0. The first-order valence-electron chi connectivity index (χ1n) is 10.0. The van der Waals surface area contributed by atoms with Gasteiger partial charge < -0.3 is 5.32 Å². The lowest BCUT2D eigenvalue weighted by Gasteiger charge is -2.09. The number of aromatic nitrogens is 3. The third kappa shape index (κ3) is 3.81. The highest BCUT2D eigenvalue weighted by Crippen LogP contribution is 2.28. The molecule has 1 N–H and O–H groups in total. The van der Waals surface area contributed by atoms with Crippen LogP contribution in [0.15, 0.2) is 97.3 Å². The third-order valence-electron chi connectivity index (χ3n) is 5.19. The summed E-state index contributed by atoms with van der Waals surface area (Å²) in [5, 5.41) is 9.82. The number of hydrogen-bond donors (Lipinski definition) is 1. The van der Waals surface area contributed by atoms with Gasteiger partial charge in [0.05, 0.1) is 23.3 Å². The van der Waals surface area contributed by atoms with E-state index in [1.165, 1.54) is 5.39 Å². The second kappa shape index (κ2) is 7.88. The summed E-state index contributed by atoms with van der Waals surface area (Å²) < 4.78 is 1.82. The molecular formula is C26H20N4O. The highest BCUT2D eigenvalue weighted by molar-refractivity contribution is 6.03.